The van der Waals surface area contributed by atoms with E-state index < -0.39 is 0 Å². The van der Waals surface area contributed by atoms with E-state index in [9.17, 15) is 5.11 Å². The average molecular weight is 307 g/mol. The summed E-state index contributed by atoms with van der Waals surface area (Å²) in [6.07, 6.45) is 5.60. The van der Waals surface area contributed by atoms with Gasteiger partial charge in [0.15, 0.2) is 11.5 Å². The SMILES string of the molecule is COc1cccc(C2Nc3ccc(C)cc3C3C=CCC32)c1O. The molecule has 0 amide bonds. The lowest BCUT2D eigenvalue weighted by Gasteiger charge is -2.38. The number of rotatable bonds is 2. The number of nitrogens with one attached hydrogen (secondary N) is 1. The monoisotopic (exact) mass is 307 g/mol. The minimum absolute atomic E-state index is 0.0836. The minimum atomic E-state index is 0.0836. The normalized spacial score (nSPS) is 24.7. The van der Waals surface area contributed by atoms with Gasteiger partial charge >= 0.3 is 0 Å². The van der Waals surface area contributed by atoms with Gasteiger partial charge in [-0.1, -0.05) is 42.0 Å². The van der Waals surface area contributed by atoms with Crippen molar-refractivity contribution in [2.45, 2.75) is 25.3 Å². The number of fused-ring (bicyclic) bond motifs is 3. The maximum absolute atomic E-state index is 10.6. The van der Waals surface area contributed by atoms with E-state index in [2.05, 4.69) is 42.6 Å². The summed E-state index contributed by atoms with van der Waals surface area (Å²) in [6, 6.07) is 12.4. The number of methoxy groups -OCH3 is 1. The number of ether oxygens (including phenoxy) is 1. The molecule has 1 aliphatic heterocycles. The highest BCUT2D eigenvalue weighted by molar-refractivity contribution is 5.62. The van der Waals surface area contributed by atoms with Crippen LogP contribution in [0.25, 0.3) is 0 Å². The van der Waals surface area contributed by atoms with Crippen LogP contribution in [-0.4, -0.2) is 12.2 Å². The number of hydrogen-bond donors (Lipinski definition) is 2. The number of phenolic OH excluding ortho intramolecular Hbond substituents is 1. The van der Waals surface area contributed by atoms with Gasteiger partial charge in [0, 0.05) is 17.2 Å². The van der Waals surface area contributed by atoms with Crippen molar-refractivity contribution in [3.8, 4) is 11.5 Å². The van der Waals surface area contributed by atoms with Crippen molar-refractivity contribution in [1.29, 1.82) is 0 Å². The van der Waals surface area contributed by atoms with Crippen LogP contribution in [0.3, 0.4) is 0 Å². The van der Waals surface area contributed by atoms with Gasteiger partial charge in [-0.15, -0.1) is 0 Å². The molecule has 0 saturated carbocycles. The Kier molecular flexibility index (Phi) is 3.29. The van der Waals surface area contributed by atoms with Crippen molar-refractivity contribution in [2.75, 3.05) is 12.4 Å². The number of para-hydroxylation sites is 1. The number of anilines is 1. The number of benzene rings is 2. The Morgan fingerprint density at radius 3 is 2.87 bits per heavy atom. The lowest BCUT2D eigenvalue weighted by Crippen LogP contribution is -2.29. The molecule has 2 N–H and O–H groups in total. The number of phenols is 1. The molecule has 0 bridgehead atoms. The van der Waals surface area contributed by atoms with Gasteiger partial charge in [-0.3, -0.25) is 0 Å². The van der Waals surface area contributed by atoms with E-state index in [-0.39, 0.29) is 11.8 Å². The maximum Gasteiger partial charge on any atom is 0.163 e. The van der Waals surface area contributed by atoms with Crippen molar-refractivity contribution >= 4 is 5.69 Å². The smallest absolute Gasteiger partial charge is 0.163 e. The van der Waals surface area contributed by atoms with Crippen LogP contribution in [0.2, 0.25) is 0 Å². The van der Waals surface area contributed by atoms with Crippen molar-refractivity contribution < 1.29 is 9.84 Å². The molecule has 0 aromatic heterocycles. The zero-order valence-electron chi connectivity index (χ0n) is 13.4. The molecular formula is C20H21NO2. The molecule has 3 atom stereocenters. The molecule has 3 nitrogen and oxygen atoms in total. The zero-order valence-corrected chi connectivity index (χ0v) is 13.4. The largest absolute Gasteiger partial charge is 0.504 e. The van der Waals surface area contributed by atoms with Crippen LogP contribution in [-0.2, 0) is 0 Å². The third-order valence-corrected chi connectivity index (χ3v) is 5.10. The van der Waals surface area contributed by atoms with Gasteiger partial charge in [-0.25, -0.2) is 0 Å². The lowest BCUT2D eigenvalue weighted by atomic mass is 9.76. The fourth-order valence-corrected chi connectivity index (χ4v) is 3.98. The molecule has 3 unspecified atom stereocenters. The summed E-state index contributed by atoms with van der Waals surface area (Å²) in [5, 5.41) is 14.2. The topological polar surface area (TPSA) is 41.5 Å². The molecule has 1 aliphatic carbocycles. The zero-order chi connectivity index (χ0) is 16.0. The highest BCUT2D eigenvalue weighted by Crippen LogP contribution is 2.52. The minimum Gasteiger partial charge on any atom is -0.504 e. The number of aromatic hydroxyl groups is 1. The first kappa shape index (κ1) is 14.2. The maximum atomic E-state index is 10.6. The summed E-state index contributed by atoms with van der Waals surface area (Å²) < 4.78 is 5.28. The molecule has 3 heteroatoms. The van der Waals surface area contributed by atoms with E-state index in [1.807, 2.05) is 12.1 Å². The third kappa shape index (κ3) is 2.19. The Morgan fingerprint density at radius 1 is 1.17 bits per heavy atom. The lowest BCUT2D eigenvalue weighted by molar-refractivity contribution is 0.358. The molecule has 0 saturated heterocycles. The van der Waals surface area contributed by atoms with E-state index in [1.165, 1.54) is 11.1 Å². The molecule has 0 radical (unpaired) electrons. The molecule has 2 aromatic rings. The molecule has 118 valence electrons. The second-order valence-electron chi connectivity index (χ2n) is 6.46. The molecule has 4 rings (SSSR count). The molecule has 2 aliphatic rings. The van der Waals surface area contributed by atoms with Crippen LogP contribution in [0, 0.1) is 12.8 Å². The Labute approximate surface area is 136 Å². The fourth-order valence-electron chi connectivity index (χ4n) is 3.98. The van der Waals surface area contributed by atoms with Gasteiger partial charge < -0.3 is 15.2 Å². The van der Waals surface area contributed by atoms with E-state index in [4.69, 9.17) is 4.74 Å². The third-order valence-electron chi connectivity index (χ3n) is 5.10. The summed E-state index contributed by atoms with van der Waals surface area (Å²) in [7, 11) is 1.59. The predicted molar refractivity (Wildman–Crippen MR) is 92.2 cm³/mol. The van der Waals surface area contributed by atoms with Gasteiger partial charge in [0.1, 0.15) is 0 Å². The van der Waals surface area contributed by atoms with E-state index in [1.54, 1.807) is 13.2 Å². The van der Waals surface area contributed by atoms with Crippen molar-refractivity contribution in [3.63, 3.8) is 0 Å². The van der Waals surface area contributed by atoms with E-state index in [0.29, 0.717) is 17.6 Å². The van der Waals surface area contributed by atoms with Crippen LogP contribution in [0.1, 0.15) is 35.1 Å². The Balaban J connectivity index is 1.81. The predicted octanol–water partition coefficient (Wildman–Crippen LogP) is 4.54. The van der Waals surface area contributed by atoms with Crippen molar-refractivity contribution in [3.05, 3.63) is 65.2 Å². The first-order chi connectivity index (χ1) is 11.2. The van der Waals surface area contributed by atoms with Crippen LogP contribution < -0.4 is 10.1 Å². The first-order valence-corrected chi connectivity index (χ1v) is 8.08. The Morgan fingerprint density at radius 2 is 2.04 bits per heavy atom. The van der Waals surface area contributed by atoms with Crippen LogP contribution in [0.4, 0.5) is 5.69 Å². The average Bonchev–Trinajstić information content (AvgIpc) is 3.05. The van der Waals surface area contributed by atoms with E-state index >= 15 is 0 Å². The molecule has 2 aromatic carbocycles. The molecule has 23 heavy (non-hydrogen) atoms. The Hall–Kier alpha value is -2.42. The highest BCUT2D eigenvalue weighted by atomic mass is 16.5. The van der Waals surface area contributed by atoms with Gasteiger partial charge in [0.2, 0.25) is 0 Å². The molecule has 1 heterocycles. The van der Waals surface area contributed by atoms with Crippen molar-refractivity contribution in [2.24, 2.45) is 5.92 Å². The quantitative estimate of drug-likeness (QED) is 0.801. The summed E-state index contributed by atoms with van der Waals surface area (Å²) in [4.78, 5) is 0. The second-order valence-corrected chi connectivity index (χ2v) is 6.46. The molecular weight excluding hydrogens is 286 g/mol. The number of allylic oxidation sites excluding steroid dienone is 2. The molecule has 0 fully saturated rings. The summed E-state index contributed by atoms with van der Waals surface area (Å²) in [5.74, 6) is 1.60. The summed E-state index contributed by atoms with van der Waals surface area (Å²) >= 11 is 0. The summed E-state index contributed by atoms with van der Waals surface area (Å²) in [5.41, 5.74) is 4.72. The number of hydrogen-bond acceptors (Lipinski definition) is 3. The first-order valence-electron chi connectivity index (χ1n) is 8.08. The van der Waals surface area contributed by atoms with Crippen LogP contribution >= 0.6 is 0 Å². The van der Waals surface area contributed by atoms with Crippen LogP contribution in [0.5, 0.6) is 11.5 Å². The number of aryl methyl sites for hydroxylation is 1. The van der Waals surface area contributed by atoms with Crippen molar-refractivity contribution in [1.82, 2.24) is 0 Å². The van der Waals surface area contributed by atoms with E-state index in [0.717, 1.165) is 17.7 Å². The highest BCUT2D eigenvalue weighted by Gasteiger charge is 2.39. The standard InChI is InChI=1S/C20H21NO2/c1-12-9-10-17-16(11-12)13-5-3-6-14(13)19(21-17)15-7-4-8-18(23-2)20(15)22/h3-5,7-11,13-14,19,21-22H,6H2,1-2H3. The van der Waals surface area contributed by atoms with Crippen LogP contribution in [0.15, 0.2) is 48.6 Å². The second kappa shape index (κ2) is 5.34. The van der Waals surface area contributed by atoms with Gasteiger partial charge in [-0.05, 0) is 37.0 Å². The fraction of sp³-hybridized carbons (Fsp3) is 0.300. The Bertz CT molecular complexity index is 781. The van der Waals surface area contributed by atoms with Gasteiger partial charge in [-0.2, -0.15) is 0 Å². The summed E-state index contributed by atoms with van der Waals surface area (Å²) in [6.45, 7) is 2.13. The molecule has 0 spiro atoms. The van der Waals surface area contributed by atoms with Gasteiger partial charge in [0.25, 0.3) is 0 Å². The van der Waals surface area contributed by atoms with Gasteiger partial charge in [0.05, 0.1) is 13.2 Å².